The third kappa shape index (κ3) is 1.95. The molecule has 0 spiro atoms. The van der Waals surface area contributed by atoms with Crippen molar-refractivity contribution in [2.24, 2.45) is 0 Å². The monoisotopic (exact) mass is 282 g/mol. The normalized spacial score (nSPS) is 16.0. The number of pyridine rings is 1. The van der Waals surface area contributed by atoms with E-state index >= 15 is 0 Å². The molecule has 4 rings (SSSR count). The minimum atomic E-state index is 0.659. The van der Waals surface area contributed by atoms with E-state index in [-0.39, 0.29) is 0 Å². The topological polar surface area (TPSA) is 55.1 Å². The van der Waals surface area contributed by atoms with Crippen molar-refractivity contribution in [3.8, 4) is 0 Å². The molecule has 21 heavy (non-hydrogen) atoms. The largest absolute Gasteiger partial charge is 0.432 e. The second kappa shape index (κ2) is 4.69. The average molecular weight is 282 g/mol. The maximum atomic E-state index is 5.99. The fourth-order valence-electron chi connectivity index (χ4n) is 3.01. The number of aryl methyl sites for hydroxylation is 2. The van der Waals surface area contributed by atoms with Crippen LogP contribution in [0, 0.1) is 13.8 Å². The Labute approximate surface area is 123 Å². The van der Waals surface area contributed by atoms with E-state index in [1.165, 1.54) is 19.3 Å². The number of anilines is 1. The molecule has 0 amide bonds. The molecular weight excluding hydrogens is 264 g/mol. The van der Waals surface area contributed by atoms with Crippen LogP contribution in [-0.2, 0) is 0 Å². The quantitative estimate of drug-likeness (QED) is 0.685. The summed E-state index contributed by atoms with van der Waals surface area (Å²) >= 11 is 0. The highest BCUT2D eigenvalue weighted by Crippen LogP contribution is 2.33. The summed E-state index contributed by atoms with van der Waals surface area (Å²) in [6.07, 6.45) is 5.35. The molecule has 1 aliphatic heterocycles. The van der Waals surface area contributed by atoms with E-state index in [0.29, 0.717) is 5.71 Å². The SMILES string of the molecule is Cc1cc2c(nc1C)oc1c(N3CCCCC3)ncnc12. The first kappa shape index (κ1) is 12.6. The zero-order valence-electron chi connectivity index (χ0n) is 12.4. The summed E-state index contributed by atoms with van der Waals surface area (Å²) in [6, 6.07) is 2.11. The van der Waals surface area contributed by atoms with Crippen molar-refractivity contribution >= 4 is 28.0 Å². The second-order valence-electron chi connectivity index (χ2n) is 5.77. The van der Waals surface area contributed by atoms with Gasteiger partial charge in [0.15, 0.2) is 11.4 Å². The molecule has 1 fully saturated rings. The first-order valence-corrected chi connectivity index (χ1v) is 7.50. The van der Waals surface area contributed by atoms with Gasteiger partial charge in [0.2, 0.25) is 5.71 Å². The fraction of sp³-hybridized carbons (Fsp3) is 0.438. The van der Waals surface area contributed by atoms with Crippen molar-refractivity contribution in [3.05, 3.63) is 23.7 Å². The molecule has 1 aliphatic rings. The van der Waals surface area contributed by atoms with Crippen LogP contribution in [0.5, 0.6) is 0 Å². The Bertz CT molecular complexity index is 818. The minimum Gasteiger partial charge on any atom is -0.432 e. The summed E-state index contributed by atoms with van der Waals surface area (Å²) in [5.74, 6) is 0.910. The zero-order chi connectivity index (χ0) is 14.4. The number of furan rings is 1. The molecule has 1 saturated heterocycles. The van der Waals surface area contributed by atoms with Gasteiger partial charge in [-0.05, 0) is 44.7 Å². The van der Waals surface area contributed by atoms with Gasteiger partial charge in [-0.15, -0.1) is 0 Å². The minimum absolute atomic E-state index is 0.659. The molecule has 0 aliphatic carbocycles. The molecule has 3 aromatic heterocycles. The maximum absolute atomic E-state index is 5.99. The van der Waals surface area contributed by atoms with Crippen LogP contribution in [-0.4, -0.2) is 28.0 Å². The van der Waals surface area contributed by atoms with Crippen LogP contribution in [0.15, 0.2) is 16.8 Å². The first-order chi connectivity index (χ1) is 10.2. The van der Waals surface area contributed by atoms with Crippen molar-refractivity contribution < 1.29 is 4.42 Å². The first-order valence-electron chi connectivity index (χ1n) is 7.50. The molecule has 0 aromatic carbocycles. The van der Waals surface area contributed by atoms with Gasteiger partial charge >= 0.3 is 0 Å². The highest BCUT2D eigenvalue weighted by atomic mass is 16.3. The number of aromatic nitrogens is 3. The molecule has 0 bridgehead atoms. The summed E-state index contributed by atoms with van der Waals surface area (Å²) in [4.78, 5) is 15.7. The van der Waals surface area contributed by atoms with Gasteiger partial charge in [0.05, 0.1) is 5.39 Å². The fourth-order valence-corrected chi connectivity index (χ4v) is 3.01. The lowest BCUT2D eigenvalue weighted by molar-refractivity contribution is 0.568. The third-order valence-electron chi connectivity index (χ3n) is 4.33. The van der Waals surface area contributed by atoms with Gasteiger partial charge in [0.1, 0.15) is 11.8 Å². The van der Waals surface area contributed by atoms with E-state index in [1.54, 1.807) is 6.33 Å². The molecule has 108 valence electrons. The molecule has 0 atom stereocenters. The molecular formula is C16H18N4O. The van der Waals surface area contributed by atoms with Gasteiger partial charge in [-0.2, -0.15) is 0 Å². The summed E-state index contributed by atoms with van der Waals surface area (Å²) in [6.45, 7) is 6.13. The van der Waals surface area contributed by atoms with E-state index in [0.717, 1.165) is 46.7 Å². The van der Waals surface area contributed by atoms with Gasteiger partial charge in [0.25, 0.3) is 0 Å². The van der Waals surface area contributed by atoms with Crippen LogP contribution >= 0.6 is 0 Å². The van der Waals surface area contributed by atoms with Crippen molar-refractivity contribution in [3.63, 3.8) is 0 Å². The number of rotatable bonds is 1. The molecule has 0 saturated carbocycles. The van der Waals surface area contributed by atoms with Crippen molar-refractivity contribution in [2.45, 2.75) is 33.1 Å². The van der Waals surface area contributed by atoms with Crippen LogP contribution in [0.3, 0.4) is 0 Å². The Morgan fingerprint density at radius 2 is 1.90 bits per heavy atom. The summed E-state index contributed by atoms with van der Waals surface area (Å²) in [7, 11) is 0. The van der Waals surface area contributed by atoms with Gasteiger partial charge in [0, 0.05) is 18.8 Å². The van der Waals surface area contributed by atoms with E-state index in [4.69, 9.17) is 4.42 Å². The number of fused-ring (bicyclic) bond motifs is 3. The Morgan fingerprint density at radius 3 is 2.71 bits per heavy atom. The zero-order valence-corrected chi connectivity index (χ0v) is 12.4. The Kier molecular flexibility index (Phi) is 2.80. The molecule has 3 aromatic rings. The predicted octanol–water partition coefficient (Wildman–Crippen LogP) is 3.38. The second-order valence-corrected chi connectivity index (χ2v) is 5.77. The third-order valence-corrected chi connectivity index (χ3v) is 4.33. The highest BCUT2D eigenvalue weighted by Gasteiger charge is 2.20. The van der Waals surface area contributed by atoms with Gasteiger partial charge in [-0.3, -0.25) is 0 Å². The van der Waals surface area contributed by atoms with E-state index in [2.05, 4.69) is 32.8 Å². The maximum Gasteiger partial charge on any atom is 0.229 e. The Hall–Kier alpha value is -2.17. The van der Waals surface area contributed by atoms with Crippen molar-refractivity contribution in [1.82, 2.24) is 15.0 Å². The van der Waals surface area contributed by atoms with Crippen LogP contribution in [0.1, 0.15) is 30.5 Å². The van der Waals surface area contributed by atoms with Gasteiger partial charge in [-0.1, -0.05) is 0 Å². The molecule has 5 nitrogen and oxygen atoms in total. The molecule has 4 heterocycles. The van der Waals surface area contributed by atoms with Crippen molar-refractivity contribution in [1.29, 1.82) is 0 Å². The Morgan fingerprint density at radius 1 is 1.10 bits per heavy atom. The lowest BCUT2D eigenvalue weighted by Crippen LogP contribution is -2.30. The van der Waals surface area contributed by atoms with Crippen LogP contribution in [0.2, 0.25) is 0 Å². The number of nitrogens with zero attached hydrogens (tertiary/aromatic N) is 4. The lowest BCUT2D eigenvalue weighted by Gasteiger charge is -2.27. The van der Waals surface area contributed by atoms with Gasteiger partial charge in [-0.25, -0.2) is 15.0 Å². The van der Waals surface area contributed by atoms with Crippen LogP contribution in [0.25, 0.3) is 22.2 Å². The summed E-state index contributed by atoms with van der Waals surface area (Å²) < 4.78 is 5.99. The van der Waals surface area contributed by atoms with E-state index < -0.39 is 0 Å². The van der Waals surface area contributed by atoms with Gasteiger partial charge < -0.3 is 9.32 Å². The van der Waals surface area contributed by atoms with Crippen LogP contribution in [0.4, 0.5) is 5.82 Å². The number of hydrogen-bond donors (Lipinski definition) is 0. The van der Waals surface area contributed by atoms with E-state index in [1.807, 2.05) is 6.92 Å². The average Bonchev–Trinajstić information content (AvgIpc) is 2.86. The number of hydrogen-bond acceptors (Lipinski definition) is 5. The van der Waals surface area contributed by atoms with E-state index in [9.17, 15) is 0 Å². The van der Waals surface area contributed by atoms with Crippen molar-refractivity contribution in [2.75, 3.05) is 18.0 Å². The summed E-state index contributed by atoms with van der Waals surface area (Å²) in [5.41, 5.74) is 4.45. The molecule has 0 radical (unpaired) electrons. The molecule has 0 N–H and O–H groups in total. The standard InChI is InChI=1S/C16H18N4O/c1-10-8-12-13-14(21-16(12)19-11(10)2)15(18-9-17-13)20-6-4-3-5-7-20/h8-9H,3-7H2,1-2H3. The Balaban J connectivity index is 1.96. The lowest BCUT2D eigenvalue weighted by atomic mass is 10.1. The molecule has 5 heteroatoms. The predicted molar refractivity (Wildman–Crippen MR) is 82.6 cm³/mol. The summed E-state index contributed by atoms with van der Waals surface area (Å²) in [5, 5.41) is 0.980. The highest BCUT2D eigenvalue weighted by molar-refractivity contribution is 6.04. The smallest absolute Gasteiger partial charge is 0.229 e. The number of piperidine rings is 1. The van der Waals surface area contributed by atoms with Crippen LogP contribution < -0.4 is 4.90 Å². The molecule has 0 unspecified atom stereocenters.